The normalized spacial score (nSPS) is 11.6. The molecule has 5 nitrogen and oxygen atoms in total. The number of nitrogens with one attached hydrogen (secondary N) is 1. The number of rotatable bonds is 40. The van der Waals surface area contributed by atoms with Crippen molar-refractivity contribution in [1.29, 1.82) is 0 Å². The summed E-state index contributed by atoms with van der Waals surface area (Å²) in [6.07, 6.45) is 40.1. The minimum atomic E-state index is -0.00103. The Labute approximate surface area is 288 Å². The number of carbonyl (C=O) groups is 1. The highest BCUT2D eigenvalue weighted by Gasteiger charge is 2.10. The summed E-state index contributed by atoms with van der Waals surface area (Å²) in [4.78, 5) is 23.5. The second kappa shape index (κ2) is 40.5. The average Bonchev–Trinajstić information content (AvgIpc) is 3.06. The predicted octanol–water partition coefficient (Wildman–Crippen LogP) is 13.0. The molecule has 0 atom stereocenters. The number of hydrogen-bond acceptors (Lipinski definition) is 5. The second-order valence-corrected chi connectivity index (χ2v) is 14.0. The molecule has 0 bridgehead atoms. The van der Waals surface area contributed by atoms with E-state index in [4.69, 9.17) is 14.5 Å². The molecule has 0 saturated heterocycles. The van der Waals surface area contributed by atoms with E-state index in [2.05, 4.69) is 26.1 Å². The molecular formula is C41H83NO4. The number of esters is 1. The van der Waals surface area contributed by atoms with Gasteiger partial charge in [0.05, 0.1) is 19.3 Å². The molecule has 1 N–H and O–H groups in total. The van der Waals surface area contributed by atoms with Gasteiger partial charge in [-0.3, -0.25) is 4.79 Å². The molecule has 0 aliphatic rings. The van der Waals surface area contributed by atoms with Crippen LogP contribution in [0.25, 0.3) is 0 Å². The predicted molar refractivity (Wildman–Crippen MR) is 199 cm³/mol. The van der Waals surface area contributed by atoms with Gasteiger partial charge in [-0.25, -0.2) is 9.78 Å². The van der Waals surface area contributed by atoms with Gasteiger partial charge in [-0.1, -0.05) is 175 Å². The Bertz CT molecular complexity index is 557. The van der Waals surface area contributed by atoms with Crippen LogP contribution in [0.15, 0.2) is 0 Å². The van der Waals surface area contributed by atoms with Crippen molar-refractivity contribution in [3.63, 3.8) is 0 Å². The summed E-state index contributed by atoms with van der Waals surface area (Å²) < 4.78 is 5.37. The molecule has 0 aromatic heterocycles. The zero-order valence-electron chi connectivity index (χ0n) is 31.7. The van der Waals surface area contributed by atoms with Crippen molar-refractivity contribution in [1.82, 2.24) is 5.32 Å². The maximum Gasteiger partial charge on any atom is 0.305 e. The van der Waals surface area contributed by atoms with E-state index in [-0.39, 0.29) is 5.97 Å². The molecule has 0 unspecified atom stereocenters. The van der Waals surface area contributed by atoms with Crippen LogP contribution in [0.4, 0.5) is 0 Å². The first kappa shape index (κ1) is 45.3. The number of unbranched alkanes of at least 4 members (excludes halogenated alkanes) is 24. The molecule has 0 amide bonds. The Balaban J connectivity index is 3.51. The Morgan fingerprint density at radius 3 is 1.35 bits per heavy atom. The number of carbonyl (C=O) groups excluding carboxylic acids is 1. The van der Waals surface area contributed by atoms with Crippen LogP contribution in [0.3, 0.4) is 0 Å². The largest absolute Gasteiger partial charge is 0.466 e. The van der Waals surface area contributed by atoms with E-state index in [0.29, 0.717) is 19.1 Å². The van der Waals surface area contributed by atoms with E-state index in [1.807, 2.05) is 0 Å². The first-order valence-electron chi connectivity index (χ1n) is 20.9. The molecule has 0 aliphatic heterocycles. The van der Waals surface area contributed by atoms with Crippen molar-refractivity contribution in [3.8, 4) is 0 Å². The Morgan fingerprint density at radius 2 is 0.848 bits per heavy atom. The molecule has 0 spiro atoms. The van der Waals surface area contributed by atoms with Crippen LogP contribution in [0.2, 0.25) is 0 Å². The molecule has 46 heavy (non-hydrogen) atoms. The summed E-state index contributed by atoms with van der Waals surface area (Å²) in [6.45, 7) is 10.4. The van der Waals surface area contributed by atoms with Gasteiger partial charge in [0.25, 0.3) is 0 Å². The minimum Gasteiger partial charge on any atom is -0.466 e. The topological polar surface area (TPSA) is 56.8 Å². The van der Waals surface area contributed by atoms with Gasteiger partial charge in [-0.05, 0) is 58.0 Å². The van der Waals surface area contributed by atoms with E-state index >= 15 is 0 Å². The fraction of sp³-hybridized carbons (Fsp3) is 0.976. The van der Waals surface area contributed by atoms with Crippen molar-refractivity contribution < 1.29 is 19.3 Å². The van der Waals surface area contributed by atoms with Gasteiger partial charge >= 0.3 is 5.97 Å². The van der Waals surface area contributed by atoms with Crippen LogP contribution >= 0.6 is 0 Å². The summed E-state index contributed by atoms with van der Waals surface area (Å²) in [7, 11) is 0. The standard InChI is InChI=1S/C41H83NO4/c1-4-7-10-13-19-26-33-40(34-27-20-14-11-8-5-2)46-45-39-32-25-17-16-22-29-36-42-37-30-23-18-21-28-35-41(43)44-38-31-24-15-12-9-6-3/h40,42H,4-39H2,1-3H3. The van der Waals surface area contributed by atoms with Crippen molar-refractivity contribution in [2.75, 3.05) is 26.3 Å². The molecule has 0 saturated carbocycles. The Kier molecular flexibility index (Phi) is 40.0. The first-order chi connectivity index (χ1) is 22.7. The van der Waals surface area contributed by atoms with Gasteiger partial charge in [0.2, 0.25) is 0 Å². The van der Waals surface area contributed by atoms with Crippen molar-refractivity contribution in [3.05, 3.63) is 0 Å². The van der Waals surface area contributed by atoms with Crippen molar-refractivity contribution in [2.45, 2.75) is 232 Å². The van der Waals surface area contributed by atoms with Gasteiger partial charge < -0.3 is 10.1 Å². The van der Waals surface area contributed by atoms with E-state index in [1.165, 1.54) is 161 Å². The second-order valence-electron chi connectivity index (χ2n) is 14.0. The molecular weight excluding hydrogens is 570 g/mol. The Morgan fingerprint density at radius 1 is 0.457 bits per heavy atom. The molecule has 0 rings (SSSR count). The van der Waals surface area contributed by atoms with E-state index in [9.17, 15) is 4.79 Å². The third kappa shape index (κ3) is 37.8. The summed E-state index contributed by atoms with van der Waals surface area (Å²) in [5.41, 5.74) is 0. The minimum absolute atomic E-state index is 0.00103. The van der Waals surface area contributed by atoms with Gasteiger partial charge in [-0.15, -0.1) is 0 Å². The Hall–Kier alpha value is -0.650. The maximum atomic E-state index is 11.8. The van der Waals surface area contributed by atoms with Crippen molar-refractivity contribution in [2.24, 2.45) is 0 Å². The summed E-state index contributed by atoms with van der Waals surface area (Å²) in [5.74, 6) is -0.00103. The first-order valence-corrected chi connectivity index (χ1v) is 20.9. The van der Waals surface area contributed by atoms with Gasteiger partial charge in [0.1, 0.15) is 0 Å². The molecule has 0 aromatic carbocycles. The van der Waals surface area contributed by atoms with Crippen molar-refractivity contribution >= 4 is 5.97 Å². The van der Waals surface area contributed by atoms with Crippen LogP contribution < -0.4 is 5.32 Å². The molecule has 0 aliphatic carbocycles. The number of ether oxygens (including phenoxy) is 1. The van der Waals surface area contributed by atoms with Crippen LogP contribution in [-0.2, 0) is 19.3 Å². The lowest BCUT2D eigenvalue weighted by atomic mass is 10.0. The van der Waals surface area contributed by atoms with Gasteiger partial charge in [-0.2, -0.15) is 0 Å². The average molecular weight is 654 g/mol. The van der Waals surface area contributed by atoms with Crippen LogP contribution in [0.1, 0.15) is 226 Å². The van der Waals surface area contributed by atoms with Gasteiger partial charge in [0.15, 0.2) is 0 Å². The fourth-order valence-corrected chi connectivity index (χ4v) is 6.12. The lowest BCUT2D eigenvalue weighted by molar-refractivity contribution is -0.327. The quantitative estimate of drug-likeness (QED) is 0.0309. The summed E-state index contributed by atoms with van der Waals surface area (Å²) >= 11 is 0. The molecule has 0 aromatic rings. The zero-order chi connectivity index (χ0) is 33.4. The third-order valence-corrected chi connectivity index (χ3v) is 9.29. The monoisotopic (exact) mass is 654 g/mol. The highest BCUT2D eigenvalue weighted by atomic mass is 17.2. The highest BCUT2D eigenvalue weighted by molar-refractivity contribution is 5.69. The lowest BCUT2D eigenvalue weighted by Gasteiger charge is -2.17. The zero-order valence-corrected chi connectivity index (χ0v) is 31.7. The van der Waals surface area contributed by atoms with Gasteiger partial charge in [0, 0.05) is 6.42 Å². The van der Waals surface area contributed by atoms with E-state index in [1.54, 1.807) is 0 Å². The van der Waals surface area contributed by atoms with E-state index in [0.717, 1.165) is 58.2 Å². The fourth-order valence-electron chi connectivity index (χ4n) is 6.12. The lowest BCUT2D eigenvalue weighted by Crippen LogP contribution is -2.16. The smallest absolute Gasteiger partial charge is 0.305 e. The molecule has 5 heteroatoms. The van der Waals surface area contributed by atoms with Crippen LogP contribution in [0, 0.1) is 0 Å². The van der Waals surface area contributed by atoms with E-state index < -0.39 is 0 Å². The van der Waals surface area contributed by atoms with Crippen LogP contribution in [0.5, 0.6) is 0 Å². The molecule has 0 heterocycles. The molecule has 0 radical (unpaired) electrons. The summed E-state index contributed by atoms with van der Waals surface area (Å²) in [5, 5.41) is 3.61. The maximum absolute atomic E-state index is 11.8. The summed E-state index contributed by atoms with van der Waals surface area (Å²) in [6, 6.07) is 0. The third-order valence-electron chi connectivity index (χ3n) is 9.29. The highest BCUT2D eigenvalue weighted by Crippen LogP contribution is 2.17. The SMILES string of the molecule is CCCCCCCCOC(=O)CCCCCCCNCCCCCCCCOOC(CCCCCCCC)CCCCCCCC. The number of hydrogen-bond donors (Lipinski definition) is 1. The van der Waals surface area contributed by atoms with Crippen LogP contribution in [-0.4, -0.2) is 38.4 Å². The molecule has 276 valence electrons. The molecule has 0 fully saturated rings.